The number of rotatable bonds is 6. The van der Waals surface area contributed by atoms with Crippen LogP contribution >= 0.6 is 0 Å². The van der Waals surface area contributed by atoms with E-state index in [4.69, 9.17) is 23.7 Å². The Kier molecular flexibility index (Phi) is 4.67. The summed E-state index contributed by atoms with van der Waals surface area (Å²) >= 11 is 0. The van der Waals surface area contributed by atoms with Gasteiger partial charge in [-0.25, -0.2) is 0 Å². The molecule has 3 aliphatic rings. The highest BCUT2D eigenvalue weighted by Gasteiger charge is 2.51. The predicted octanol–water partition coefficient (Wildman–Crippen LogP) is 2.93. The fourth-order valence-corrected chi connectivity index (χ4v) is 4.10. The van der Waals surface area contributed by atoms with Gasteiger partial charge in [-0.2, -0.15) is 0 Å². The first-order chi connectivity index (χ1) is 14.2. The second kappa shape index (κ2) is 7.48. The minimum atomic E-state index is -0.592. The standard InChI is InChI=1S/C22H23NO6/c1-25-15-5-7-16(8-6-15)29-21-20(14-4-9-18-19(11-14)28-13-27-18)23(22(21)24)12-17-3-2-10-26-17/h4-9,11,17,20-21H,2-3,10,12-13H2,1H3/t17-,20+,21+/m0/s1. The summed E-state index contributed by atoms with van der Waals surface area (Å²) in [5.74, 6) is 2.76. The number of β-lactam (4-membered cyclic amide) rings is 1. The van der Waals surface area contributed by atoms with E-state index in [9.17, 15) is 4.79 Å². The molecule has 0 bridgehead atoms. The predicted molar refractivity (Wildman–Crippen MR) is 103 cm³/mol. The Hall–Kier alpha value is -2.93. The van der Waals surface area contributed by atoms with Crippen molar-refractivity contribution in [3.8, 4) is 23.0 Å². The van der Waals surface area contributed by atoms with Crippen LogP contribution in [0.3, 0.4) is 0 Å². The van der Waals surface area contributed by atoms with Crippen molar-refractivity contribution in [2.75, 3.05) is 27.1 Å². The molecule has 0 saturated carbocycles. The monoisotopic (exact) mass is 397 g/mol. The fraction of sp³-hybridized carbons (Fsp3) is 0.409. The number of hydrogen-bond acceptors (Lipinski definition) is 6. The van der Waals surface area contributed by atoms with Crippen molar-refractivity contribution >= 4 is 5.91 Å². The molecule has 3 heterocycles. The highest BCUT2D eigenvalue weighted by Crippen LogP contribution is 2.42. The Morgan fingerprint density at radius 2 is 1.86 bits per heavy atom. The number of likely N-dealkylation sites (tertiary alicyclic amines) is 1. The number of carbonyl (C=O) groups excluding carboxylic acids is 1. The van der Waals surface area contributed by atoms with Gasteiger partial charge in [-0.05, 0) is 54.8 Å². The highest BCUT2D eigenvalue weighted by atomic mass is 16.7. The minimum Gasteiger partial charge on any atom is -0.497 e. The van der Waals surface area contributed by atoms with Crippen LogP contribution in [0, 0.1) is 0 Å². The van der Waals surface area contributed by atoms with E-state index in [0.717, 1.165) is 36.5 Å². The number of amides is 1. The van der Waals surface area contributed by atoms with E-state index in [-0.39, 0.29) is 24.8 Å². The molecule has 0 aromatic heterocycles. The van der Waals surface area contributed by atoms with Crippen molar-refractivity contribution in [2.24, 2.45) is 0 Å². The number of ether oxygens (including phenoxy) is 5. The first-order valence-electron chi connectivity index (χ1n) is 9.85. The quantitative estimate of drug-likeness (QED) is 0.699. The van der Waals surface area contributed by atoms with Gasteiger partial charge in [-0.15, -0.1) is 0 Å². The lowest BCUT2D eigenvalue weighted by Gasteiger charge is -2.47. The lowest BCUT2D eigenvalue weighted by Crippen LogP contribution is -2.62. The molecule has 0 unspecified atom stereocenters. The summed E-state index contributed by atoms with van der Waals surface area (Å²) in [5, 5.41) is 0. The molecular weight excluding hydrogens is 374 g/mol. The van der Waals surface area contributed by atoms with Gasteiger partial charge in [-0.3, -0.25) is 4.79 Å². The van der Waals surface area contributed by atoms with Crippen molar-refractivity contribution < 1.29 is 28.5 Å². The van der Waals surface area contributed by atoms with E-state index in [0.29, 0.717) is 18.0 Å². The van der Waals surface area contributed by atoms with Gasteiger partial charge in [0.15, 0.2) is 11.5 Å². The van der Waals surface area contributed by atoms with E-state index in [1.807, 2.05) is 47.4 Å². The molecule has 3 atom stereocenters. The number of nitrogens with zero attached hydrogens (tertiary/aromatic N) is 1. The molecule has 7 heteroatoms. The summed E-state index contributed by atoms with van der Waals surface area (Å²) < 4.78 is 28.0. The molecule has 0 radical (unpaired) electrons. The average molecular weight is 397 g/mol. The van der Waals surface area contributed by atoms with Gasteiger partial charge >= 0.3 is 0 Å². The summed E-state index contributed by atoms with van der Waals surface area (Å²) in [5.41, 5.74) is 0.963. The molecule has 5 rings (SSSR count). The average Bonchev–Trinajstić information content (AvgIpc) is 3.44. The van der Waals surface area contributed by atoms with E-state index < -0.39 is 6.10 Å². The number of fused-ring (bicyclic) bond motifs is 1. The van der Waals surface area contributed by atoms with Crippen LogP contribution in [-0.4, -0.2) is 50.1 Å². The lowest BCUT2D eigenvalue weighted by molar-refractivity contribution is -0.167. The normalized spacial score (nSPS) is 25.1. The summed E-state index contributed by atoms with van der Waals surface area (Å²) in [6, 6.07) is 12.8. The van der Waals surface area contributed by atoms with E-state index in [1.165, 1.54) is 0 Å². The number of methoxy groups -OCH3 is 1. The van der Waals surface area contributed by atoms with Gasteiger partial charge in [0.25, 0.3) is 5.91 Å². The first kappa shape index (κ1) is 18.1. The third-order valence-electron chi connectivity index (χ3n) is 5.63. The molecule has 29 heavy (non-hydrogen) atoms. The van der Waals surface area contributed by atoms with Crippen molar-refractivity contribution in [1.82, 2.24) is 4.90 Å². The zero-order valence-electron chi connectivity index (χ0n) is 16.2. The molecule has 3 aliphatic heterocycles. The largest absolute Gasteiger partial charge is 0.497 e. The number of hydrogen-bond donors (Lipinski definition) is 0. The van der Waals surface area contributed by atoms with E-state index >= 15 is 0 Å². The molecule has 0 spiro atoms. The molecule has 2 aromatic rings. The molecular formula is C22H23NO6. The maximum absolute atomic E-state index is 13.0. The van der Waals surface area contributed by atoms with Crippen LogP contribution in [0.5, 0.6) is 23.0 Å². The Labute approximate surface area is 169 Å². The maximum Gasteiger partial charge on any atom is 0.266 e. The maximum atomic E-state index is 13.0. The fourth-order valence-electron chi connectivity index (χ4n) is 4.10. The van der Waals surface area contributed by atoms with Crippen LogP contribution in [0.4, 0.5) is 0 Å². The zero-order valence-corrected chi connectivity index (χ0v) is 16.2. The number of benzene rings is 2. The Morgan fingerprint density at radius 3 is 2.62 bits per heavy atom. The molecule has 2 aromatic carbocycles. The second-order valence-electron chi connectivity index (χ2n) is 7.40. The van der Waals surface area contributed by atoms with Crippen LogP contribution < -0.4 is 18.9 Å². The highest BCUT2D eigenvalue weighted by molar-refractivity contribution is 5.89. The first-order valence-corrected chi connectivity index (χ1v) is 9.85. The van der Waals surface area contributed by atoms with E-state index in [2.05, 4.69) is 0 Å². The number of carbonyl (C=O) groups is 1. The smallest absolute Gasteiger partial charge is 0.266 e. The molecule has 0 N–H and O–H groups in total. The van der Waals surface area contributed by atoms with Crippen LogP contribution in [0.2, 0.25) is 0 Å². The second-order valence-corrected chi connectivity index (χ2v) is 7.40. The third kappa shape index (κ3) is 3.35. The third-order valence-corrected chi connectivity index (χ3v) is 5.63. The SMILES string of the molecule is COc1ccc(O[C@H]2C(=O)N(C[C@@H]3CCCO3)[C@@H]2c2ccc3c(c2)OCO3)cc1. The van der Waals surface area contributed by atoms with Crippen molar-refractivity contribution in [3.63, 3.8) is 0 Å². The van der Waals surface area contributed by atoms with Crippen molar-refractivity contribution in [1.29, 1.82) is 0 Å². The van der Waals surface area contributed by atoms with Crippen LogP contribution in [-0.2, 0) is 9.53 Å². The Balaban J connectivity index is 1.40. The van der Waals surface area contributed by atoms with Gasteiger partial charge in [-0.1, -0.05) is 6.07 Å². The van der Waals surface area contributed by atoms with Crippen molar-refractivity contribution in [3.05, 3.63) is 48.0 Å². The van der Waals surface area contributed by atoms with Gasteiger partial charge < -0.3 is 28.6 Å². The van der Waals surface area contributed by atoms with Crippen molar-refractivity contribution in [2.45, 2.75) is 31.1 Å². The van der Waals surface area contributed by atoms with Crippen LogP contribution in [0.1, 0.15) is 24.4 Å². The van der Waals surface area contributed by atoms with E-state index in [1.54, 1.807) is 7.11 Å². The topological polar surface area (TPSA) is 66.5 Å². The summed E-state index contributed by atoms with van der Waals surface area (Å²) in [4.78, 5) is 14.8. The minimum absolute atomic E-state index is 0.0287. The zero-order chi connectivity index (χ0) is 19.8. The van der Waals surface area contributed by atoms with Crippen LogP contribution in [0.15, 0.2) is 42.5 Å². The molecule has 2 saturated heterocycles. The molecule has 1 amide bonds. The molecule has 152 valence electrons. The molecule has 2 fully saturated rings. The van der Waals surface area contributed by atoms with Crippen LogP contribution in [0.25, 0.3) is 0 Å². The van der Waals surface area contributed by atoms with Gasteiger partial charge in [0.2, 0.25) is 12.9 Å². The van der Waals surface area contributed by atoms with Gasteiger partial charge in [0.05, 0.1) is 13.2 Å². The molecule has 0 aliphatic carbocycles. The molecule has 7 nitrogen and oxygen atoms in total. The Bertz CT molecular complexity index is 893. The summed E-state index contributed by atoms with van der Waals surface area (Å²) in [6.45, 7) is 1.54. The Morgan fingerprint density at radius 1 is 1.07 bits per heavy atom. The van der Waals surface area contributed by atoms with Gasteiger partial charge in [0, 0.05) is 13.2 Å². The summed E-state index contributed by atoms with van der Waals surface area (Å²) in [6.07, 6.45) is 1.50. The lowest BCUT2D eigenvalue weighted by atomic mass is 9.89. The summed E-state index contributed by atoms with van der Waals surface area (Å²) in [7, 11) is 1.62. The van der Waals surface area contributed by atoms with Gasteiger partial charge in [0.1, 0.15) is 17.5 Å².